The number of piperidine rings is 1. The molecule has 4 atom stereocenters. The average molecular weight is 544 g/mol. The first-order valence-electron chi connectivity index (χ1n) is 13.3. The molecule has 0 bridgehead atoms. The largest absolute Gasteiger partial charge is 0.486 e. The third-order valence-electron chi connectivity index (χ3n) is 8.80. The molecule has 0 aliphatic carbocycles. The fourth-order valence-electron chi connectivity index (χ4n) is 6.51. The summed E-state index contributed by atoms with van der Waals surface area (Å²) in [6, 6.07) is 2.18. The molecule has 2 aromatic rings. The van der Waals surface area contributed by atoms with Gasteiger partial charge in [0.2, 0.25) is 5.95 Å². The number of nitrogens with two attached hydrogens (primary N) is 2. The van der Waals surface area contributed by atoms with E-state index in [1.165, 1.54) is 11.8 Å². The number of hydrogen-bond donors (Lipinski definition) is 2. The fraction of sp³-hybridized carbons (Fsp3) is 0.654. The molecule has 0 unspecified atom stereocenters. The summed E-state index contributed by atoms with van der Waals surface area (Å²) >= 11 is 1.30. The molecule has 206 valence electrons. The fourth-order valence-corrected chi connectivity index (χ4v) is 7.47. The molecule has 4 aliphatic heterocycles. The molecule has 4 aliphatic rings. The monoisotopic (exact) mass is 543 g/mol. The molecule has 3 fully saturated rings. The second-order valence-electron chi connectivity index (χ2n) is 11.1. The summed E-state index contributed by atoms with van der Waals surface area (Å²) in [5, 5.41) is 0. The number of nitrogen functional groups attached to an aromatic ring is 1. The summed E-state index contributed by atoms with van der Waals surface area (Å²) in [5.74, 6) is 2.77. The van der Waals surface area contributed by atoms with Crippen molar-refractivity contribution in [3.05, 3.63) is 22.6 Å². The van der Waals surface area contributed by atoms with Crippen LogP contribution >= 0.6 is 11.8 Å². The number of nitrogens with zero attached hydrogens (tertiary/aromatic N) is 5. The first-order valence-corrected chi connectivity index (χ1v) is 14.2. The van der Waals surface area contributed by atoms with Gasteiger partial charge in [0.25, 0.3) is 5.56 Å². The van der Waals surface area contributed by atoms with Gasteiger partial charge in [-0.2, -0.15) is 4.98 Å². The molecule has 1 spiro atoms. The Kier molecular flexibility index (Phi) is 6.69. The van der Waals surface area contributed by atoms with E-state index in [1.807, 2.05) is 13.0 Å². The molecule has 0 aromatic carbocycles. The van der Waals surface area contributed by atoms with Gasteiger partial charge in [-0.15, -0.1) is 0 Å². The van der Waals surface area contributed by atoms with E-state index in [-0.39, 0.29) is 35.0 Å². The van der Waals surface area contributed by atoms with Crippen LogP contribution < -0.4 is 31.6 Å². The van der Waals surface area contributed by atoms with Crippen molar-refractivity contribution in [2.75, 3.05) is 62.1 Å². The standard InChI is InChI=1S/C26H37N7O4S/c1-15-21(27)26(14-37-15)5-8-32(9-6-26)25-30-22(28)20(24(34)31(25)2)38-18-4-7-29-23-19(18)36-13-17-10-16(12-35-3)11-33(17)23/h4,7,15-17,21H,5-6,8-14,27-28H2,1-3H3/t15-,16-,17-,21+/m0/s1. The van der Waals surface area contributed by atoms with E-state index in [0.29, 0.717) is 35.7 Å². The van der Waals surface area contributed by atoms with Crippen molar-refractivity contribution in [2.24, 2.45) is 24.1 Å². The minimum absolute atomic E-state index is 0.00547. The van der Waals surface area contributed by atoms with Crippen LogP contribution in [-0.4, -0.2) is 79.3 Å². The molecule has 12 heteroatoms. The minimum atomic E-state index is -0.173. The summed E-state index contributed by atoms with van der Waals surface area (Å²) in [4.78, 5) is 28.5. The maximum absolute atomic E-state index is 13.5. The van der Waals surface area contributed by atoms with Crippen LogP contribution in [0.3, 0.4) is 0 Å². The molecule has 0 saturated carbocycles. The number of ether oxygens (including phenoxy) is 3. The zero-order valence-electron chi connectivity index (χ0n) is 22.3. The first-order chi connectivity index (χ1) is 18.3. The van der Waals surface area contributed by atoms with Crippen LogP contribution in [0.4, 0.5) is 17.6 Å². The lowest BCUT2D eigenvalue weighted by Gasteiger charge is -2.41. The Morgan fingerprint density at radius 1 is 1.32 bits per heavy atom. The lowest BCUT2D eigenvalue weighted by Crippen LogP contribution is -2.51. The number of methoxy groups -OCH3 is 1. The Labute approximate surface area is 226 Å². The smallest absolute Gasteiger partial charge is 0.270 e. The molecular formula is C26H37N7O4S. The molecule has 0 radical (unpaired) electrons. The summed E-state index contributed by atoms with van der Waals surface area (Å²) in [5.41, 5.74) is 12.7. The van der Waals surface area contributed by atoms with E-state index in [4.69, 9.17) is 30.7 Å². The summed E-state index contributed by atoms with van der Waals surface area (Å²) < 4.78 is 19.0. The Morgan fingerprint density at radius 3 is 2.82 bits per heavy atom. The minimum Gasteiger partial charge on any atom is -0.486 e. The van der Waals surface area contributed by atoms with Gasteiger partial charge in [0.15, 0.2) is 11.6 Å². The number of anilines is 3. The normalized spacial score (nSPS) is 27.9. The third-order valence-corrected chi connectivity index (χ3v) is 9.93. The molecule has 11 nitrogen and oxygen atoms in total. The van der Waals surface area contributed by atoms with Gasteiger partial charge in [0, 0.05) is 57.4 Å². The van der Waals surface area contributed by atoms with Crippen molar-refractivity contribution in [3.63, 3.8) is 0 Å². The number of hydrogen-bond acceptors (Lipinski definition) is 11. The van der Waals surface area contributed by atoms with E-state index in [1.54, 1.807) is 24.9 Å². The van der Waals surface area contributed by atoms with Crippen LogP contribution in [0.2, 0.25) is 0 Å². The average Bonchev–Trinajstić information content (AvgIpc) is 3.46. The molecule has 6 heterocycles. The first kappa shape index (κ1) is 25.7. The zero-order chi connectivity index (χ0) is 26.6. The van der Waals surface area contributed by atoms with Gasteiger partial charge < -0.3 is 35.5 Å². The number of pyridine rings is 1. The predicted molar refractivity (Wildman–Crippen MR) is 146 cm³/mol. The maximum atomic E-state index is 13.5. The Hall–Kier alpha value is -2.54. The molecular weight excluding hydrogens is 506 g/mol. The van der Waals surface area contributed by atoms with Gasteiger partial charge in [-0.05, 0) is 32.3 Å². The van der Waals surface area contributed by atoms with Crippen LogP contribution in [0.15, 0.2) is 26.8 Å². The number of aromatic nitrogens is 3. The van der Waals surface area contributed by atoms with E-state index < -0.39 is 0 Å². The van der Waals surface area contributed by atoms with Crippen LogP contribution in [0.1, 0.15) is 26.2 Å². The second kappa shape index (κ2) is 9.89. The van der Waals surface area contributed by atoms with Gasteiger partial charge >= 0.3 is 0 Å². The Morgan fingerprint density at radius 2 is 2.11 bits per heavy atom. The molecule has 38 heavy (non-hydrogen) atoms. The molecule has 2 aromatic heterocycles. The Bertz CT molecular complexity index is 1260. The van der Waals surface area contributed by atoms with Crippen LogP contribution in [0.25, 0.3) is 0 Å². The number of fused-ring (bicyclic) bond motifs is 3. The molecule has 4 N–H and O–H groups in total. The van der Waals surface area contributed by atoms with E-state index in [9.17, 15) is 4.79 Å². The van der Waals surface area contributed by atoms with Crippen molar-refractivity contribution in [3.8, 4) is 5.75 Å². The van der Waals surface area contributed by atoms with Crippen LogP contribution in [0, 0.1) is 11.3 Å². The van der Waals surface area contributed by atoms with Crippen molar-refractivity contribution in [1.82, 2.24) is 14.5 Å². The van der Waals surface area contributed by atoms with Crippen molar-refractivity contribution in [2.45, 2.75) is 54.2 Å². The topological polar surface area (TPSA) is 134 Å². The van der Waals surface area contributed by atoms with E-state index >= 15 is 0 Å². The summed E-state index contributed by atoms with van der Waals surface area (Å²) in [6.07, 6.45) is 4.64. The highest BCUT2D eigenvalue weighted by molar-refractivity contribution is 7.99. The lowest BCUT2D eigenvalue weighted by molar-refractivity contribution is 0.0973. The summed E-state index contributed by atoms with van der Waals surface area (Å²) in [6.45, 7) is 6.42. The maximum Gasteiger partial charge on any atom is 0.270 e. The highest BCUT2D eigenvalue weighted by atomic mass is 32.2. The van der Waals surface area contributed by atoms with Crippen LogP contribution in [0.5, 0.6) is 5.75 Å². The highest BCUT2D eigenvalue weighted by Crippen LogP contribution is 2.46. The van der Waals surface area contributed by atoms with Crippen molar-refractivity contribution < 1.29 is 14.2 Å². The quantitative estimate of drug-likeness (QED) is 0.568. The van der Waals surface area contributed by atoms with Gasteiger partial charge in [-0.3, -0.25) is 9.36 Å². The number of rotatable bonds is 5. The van der Waals surface area contributed by atoms with Crippen molar-refractivity contribution in [1.29, 1.82) is 0 Å². The van der Waals surface area contributed by atoms with Gasteiger partial charge in [0.1, 0.15) is 17.3 Å². The van der Waals surface area contributed by atoms with Gasteiger partial charge in [-0.25, -0.2) is 4.98 Å². The summed E-state index contributed by atoms with van der Waals surface area (Å²) in [7, 11) is 3.50. The van der Waals surface area contributed by atoms with Gasteiger partial charge in [0.05, 0.1) is 30.3 Å². The molecule has 3 saturated heterocycles. The van der Waals surface area contributed by atoms with Gasteiger partial charge in [-0.1, -0.05) is 11.8 Å². The van der Waals surface area contributed by atoms with E-state index in [2.05, 4.69) is 14.8 Å². The van der Waals surface area contributed by atoms with Crippen molar-refractivity contribution >= 4 is 29.3 Å². The SMILES string of the molecule is COC[C@H]1C[C@H]2COc3c(Sc4c(N)nc(N5CCC6(CC5)CO[C@@H](C)[C@H]6N)n(C)c4=O)ccnc3N2C1. The second-order valence-corrected chi connectivity index (χ2v) is 12.2. The Balaban J connectivity index is 1.23. The third kappa shape index (κ3) is 4.21. The van der Waals surface area contributed by atoms with Crippen LogP contribution in [-0.2, 0) is 16.5 Å². The zero-order valence-corrected chi connectivity index (χ0v) is 23.1. The molecule has 0 amide bonds. The predicted octanol–water partition coefficient (Wildman–Crippen LogP) is 1.48. The van der Waals surface area contributed by atoms with E-state index in [0.717, 1.165) is 56.2 Å². The highest BCUT2D eigenvalue weighted by Gasteiger charge is 2.48. The molecule has 6 rings (SSSR count). The lowest BCUT2D eigenvalue weighted by atomic mass is 9.73.